The standard InChI is InChI=1S/C15H14N2OS/c1-11-15(16-2)8-14(9-17-11)19-10-12-4-6-13(18-3)7-5-12/h4-9H,10H2,1,3H3. The van der Waals surface area contributed by atoms with Crippen LogP contribution in [0.25, 0.3) is 4.85 Å². The smallest absolute Gasteiger partial charge is 0.209 e. The van der Waals surface area contributed by atoms with E-state index in [-0.39, 0.29) is 0 Å². The highest BCUT2D eigenvalue weighted by Crippen LogP contribution is 2.27. The molecule has 1 aromatic carbocycles. The quantitative estimate of drug-likeness (QED) is 0.614. The van der Waals surface area contributed by atoms with E-state index in [9.17, 15) is 0 Å². The Bertz CT molecular complexity index is 603. The van der Waals surface area contributed by atoms with Gasteiger partial charge in [-0.25, -0.2) is 4.85 Å². The van der Waals surface area contributed by atoms with E-state index in [1.165, 1.54) is 5.56 Å². The summed E-state index contributed by atoms with van der Waals surface area (Å²) in [7, 11) is 1.66. The van der Waals surface area contributed by atoms with Crippen LogP contribution in [0.1, 0.15) is 11.3 Å². The summed E-state index contributed by atoms with van der Waals surface area (Å²) in [4.78, 5) is 8.72. The zero-order valence-electron chi connectivity index (χ0n) is 10.9. The van der Waals surface area contributed by atoms with Gasteiger partial charge in [0.2, 0.25) is 5.69 Å². The molecule has 0 spiro atoms. The molecular weight excluding hydrogens is 256 g/mol. The summed E-state index contributed by atoms with van der Waals surface area (Å²) in [6, 6.07) is 9.89. The molecule has 0 aliphatic rings. The highest BCUT2D eigenvalue weighted by Gasteiger charge is 2.02. The lowest BCUT2D eigenvalue weighted by atomic mass is 10.2. The van der Waals surface area contributed by atoms with Crippen molar-refractivity contribution < 1.29 is 4.74 Å². The summed E-state index contributed by atoms with van der Waals surface area (Å²) in [5.41, 5.74) is 2.62. The Morgan fingerprint density at radius 2 is 2.05 bits per heavy atom. The first kappa shape index (κ1) is 13.4. The maximum absolute atomic E-state index is 7.08. The van der Waals surface area contributed by atoms with E-state index in [0.717, 1.165) is 22.1 Å². The van der Waals surface area contributed by atoms with Gasteiger partial charge in [-0.1, -0.05) is 12.1 Å². The minimum Gasteiger partial charge on any atom is -0.497 e. The van der Waals surface area contributed by atoms with E-state index >= 15 is 0 Å². The van der Waals surface area contributed by atoms with Crippen LogP contribution in [0.2, 0.25) is 0 Å². The molecule has 0 amide bonds. The van der Waals surface area contributed by atoms with Crippen molar-refractivity contribution in [3.63, 3.8) is 0 Å². The summed E-state index contributed by atoms with van der Waals surface area (Å²) >= 11 is 1.68. The number of pyridine rings is 1. The van der Waals surface area contributed by atoms with Crippen molar-refractivity contribution in [3.8, 4) is 5.75 Å². The molecule has 2 rings (SSSR count). The number of methoxy groups -OCH3 is 1. The summed E-state index contributed by atoms with van der Waals surface area (Å²) < 4.78 is 5.13. The first-order valence-corrected chi connectivity index (χ1v) is 6.81. The second-order valence-electron chi connectivity index (χ2n) is 4.02. The Hall–Kier alpha value is -1.99. The molecule has 1 heterocycles. The van der Waals surface area contributed by atoms with Crippen LogP contribution in [-0.2, 0) is 5.75 Å². The first-order valence-electron chi connectivity index (χ1n) is 5.83. The summed E-state index contributed by atoms with van der Waals surface area (Å²) in [5, 5.41) is 0. The number of hydrogen-bond acceptors (Lipinski definition) is 3. The minimum atomic E-state index is 0.625. The third-order valence-corrected chi connectivity index (χ3v) is 3.75. The first-order chi connectivity index (χ1) is 9.22. The molecule has 0 atom stereocenters. The Morgan fingerprint density at radius 1 is 1.32 bits per heavy atom. The highest BCUT2D eigenvalue weighted by molar-refractivity contribution is 7.98. The van der Waals surface area contributed by atoms with Crippen LogP contribution in [-0.4, -0.2) is 12.1 Å². The van der Waals surface area contributed by atoms with Crippen molar-refractivity contribution in [2.75, 3.05) is 7.11 Å². The predicted octanol–water partition coefficient (Wildman–Crippen LogP) is 4.24. The van der Waals surface area contributed by atoms with Gasteiger partial charge in [0.1, 0.15) is 5.75 Å². The average molecular weight is 270 g/mol. The lowest BCUT2D eigenvalue weighted by molar-refractivity contribution is 0.414. The van der Waals surface area contributed by atoms with Gasteiger partial charge in [0.05, 0.1) is 13.7 Å². The van der Waals surface area contributed by atoms with Gasteiger partial charge in [0.15, 0.2) is 0 Å². The van der Waals surface area contributed by atoms with E-state index in [1.54, 1.807) is 18.9 Å². The van der Waals surface area contributed by atoms with Crippen LogP contribution in [0.3, 0.4) is 0 Å². The molecule has 2 aromatic rings. The van der Waals surface area contributed by atoms with E-state index in [2.05, 4.69) is 9.83 Å². The molecule has 19 heavy (non-hydrogen) atoms. The monoisotopic (exact) mass is 270 g/mol. The second kappa shape index (κ2) is 6.26. The number of aromatic nitrogens is 1. The van der Waals surface area contributed by atoms with Gasteiger partial charge in [-0.3, -0.25) is 4.98 Å². The highest BCUT2D eigenvalue weighted by atomic mass is 32.2. The zero-order chi connectivity index (χ0) is 13.7. The van der Waals surface area contributed by atoms with Gasteiger partial charge in [-0.05, 0) is 30.7 Å². The van der Waals surface area contributed by atoms with Gasteiger partial charge in [0, 0.05) is 22.5 Å². The molecule has 0 unspecified atom stereocenters. The number of nitrogens with zero attached hydrogens (tertiary/aromatic N) is 2. The van der Waals surface area contributed by atoms with Crippen molar-refractivity contribution in [2.45, 2.75) is 17.6 Å². The molecular formula is C15H14N2OS. The molecule has 3 nitrogen and oxygen atoms in total. The van der Waals surface area contributed by atoms with Gasteiger partial charge in [-0.15, -0.1) is 11.8 Å². The lowest BCUT2D eigenvalue weighted by Gasteiger charge is -2.05. The molecule has 0 aliphatic carbocycles. The molecule has 96 valence electrons. The maximum Gasteiger partial charge on any atom is 0.209 e. The van der Waals surface area contributed by atoms with Crippen LogP contribution in [0.5, 0.6) is 5.75 Å². The molecule has 0 N–H and O–H groups in total. The number of aryl methyl sites for hydroxylation is 1. The summed E-state index contributed by atoms with van der Waals surface area (Å²) in [6.45, 7) is 8.94. The third kappa shape index (κ3) is 3.49. The Balaban J connectivity index is 2.04. The molecule has 4 heteroatoms. The summed E-state index contributed by atoms with van der Waals surface area (Å²) in [5.74, 6) is 1.72. The molecule has 0 radical (unpaired) electrons. The maximum atomic E-state index is 7.08. The van der Waals surface area contributed by atoms with Crippen molar-refractivity contribution in [3.05, 3.63) is 59.2 Å². The molecule has 1 aromatic heterocycles. The Kier molecular flexibility index (Phi) is 4.43. The summed E-state index contributed by atoms with van der Waals surface area (Å²) in [6.07, 6.45) is 1.82. The van der Waals surface area contributed by atoms with Gasteiger partial charge in [-0.2, -0.15) is 0 Å². The fourth-order valence-corrected chi connectivity index (χ4v) is 2.43. The lowest BCUT2D eigenvalue weighted by Crippen LogP contribution is -1.85. The van der Waals surface area contributed by atoms with E-state index in [1.807, 2.05) is 43.5 Å². The molecule has 0 saturated heterocycles. The van der Waals surface area contributed by atoms with Crippen molar-refractivity contribution >= 4 is 17.4 Å². The second-order valence-corrected chi connectivity index (χ2v) is 5.07. The fourth-order valence-electron chi connectivity index (χ4n) is 1.58. The minimum absolute atomic E-state index is 0.625. The number of benzene rings is 1. The van der Waals surface area contributed by atoms with E-state index in [0.29, 0.717) is 5.69 Å². The predicted molar refractivity (Wildman–Crippen MR) is 77.8 cm³/mol. The fraction of sp³-hybridized carbons (Fsp3) is 0.200. The van der Waals surface area contributed by atoms with Crippen LogP contribution < -0.4 is 4.74 Å². The zero-order valence-corrected chi connectivity index (χ0v) is 11.7. The van der Waals surface area contributed by atoms with E-state index < -0.39 is 0 Å². The van der Waals surface area contributed by atoms with Crippen molar-refractivity contribution in [2.24, 2.45) is 0 Å². The Morgan fingerprint density at radius 3 is 2.68 bits per heavy atom. The molecule has 0 saturated carbocycles. The van der Waals surface area contributed by atoms with Gasteiger partial charge in [0.25, 0.3) is 0 Å². The molecule has 0 aliphatic heterocycles. The van der Waals surface area contributed by atoms with Crippen LogP contribution >= 0.6 is 11.8 Å². The SMILES string of the molecule is [C-]#[N+]c1cc(SCc2ccc(OC)cc2)cnc1C. The topological polar surface area (TPSA) is 26.5 Å². The number of thioether (sulfide) groups is 1. The Labute approximate surface area is 117 Å². The average Bonchev–Trinajstić information content (AvgIpc) is 2.47. The number of ether oxygens (including phenoxy) is 1. The molecule has 0 fully saturated rings. The normalized spacial score (nSPS) is 9.95. The van der Waals surface area contributed by atoms with Crippen LogP contribution in [0, 0.1) is 13.5 Å². The van der Waals surface area contributed by atoms with E-state index in [4.69, 9.17) is 11.3 Å². The van der Waals surface area contributed by atoms with Crippen LogP contribution in [0.4, 0.5) is 5.69 Å². The molecule has 0 bridgehead atoms. The van der Waals surface area contributed by atoms with Crippen molar-refractivity contribution in [1.82, 2.24) is 4.98 Å². The van der Waals surface area contributed by atoms with Crippen LogP contribution in [0.15, 0.2) is 41.4 Å². The van der Waals surface area contributed by atoms with Crippen molar-refractivity contribution in [1.29, 1.82) is 0 Å². The largest absolute Gasteiger partial charge is 0.497 e. The number of hydrogen-bond donors (Lipinski definition) is 0. The van der Waals surface area contributed by atoms with Gasteiger partial charge < -0.3 is 4.74 Å². The third-order valence-electron chi connectivity index (χ3n) is 2.72. The van der Waals surface area contributed by atoms with Gasteiger partial charge >= 0.3 is 0 Å². The number of rotatable bonds is 4.